The molecule has 2 N–H and O–H groups in total. The van der Waals surface area contributed by atoms with Gasteiger partial charge in [-0.25, -0.2) is 0 Å². The summed E-state index contributed by atoms with van der Waals surface area (Å²) in [5.41, 5.74) is 10.6. The topological polar surface area (TPSA) is 53.0 Å². The van der Waals surface area contributed by atoms with Crippen LogP contribution in [0.15, 0.2) is 42.5 Å². The molecular weight excluding hydrogens is 246 g/mol. The molecule has 0 aromatic heterocycles. The number of hydrogen-bond donors (Lipinski definition) is 1. The fraction of sp³-hybridized carbons (Fsp3) is 0.235. The quantitative estimate of drug-likeness (QED) is 0.862. The number of anilines is 2. The minimum Gasteiger partial charge on any atom is -0.399 e. The molecule has 0 saturated carbocycles. The molecule has 102 valence electrons. The van der Waals surface area contributed by atoms with Crippen molar-refractivity contribution >= 4 is 11.4 Å². The van der Waals surface area contributed by atoms with Gasteiger partial charge in [0.1, 0.15) is 0 Å². The van der Waals surface area contributed by atoms with Crippen LogP contribution in [0.3, 0.4) is 0 Å². The molecule has 0 radical (unpaired) electrons. The number of benzene rings is 2. The predicted molar refractivity (Wildman–Crippen MR) is 83.6 cm³/mol. The van der Waals surface area contributed by atoms with Crippen molar-refractivity contribution in [2.45, 2.75) is 19.9 Å². The highest BCUT2D eigenvalue weighted by Crippen LogP contribution is 2.27. The molecule has 3 nitrogen and oxygen atoms in total. The summed E-state index contributed by atoms with van der Waals surface area (Å²) in [6, 6.07) is 16.2. The van der Waals surface area contributed by atoms with Gasteiger partial charge in [-0.3, -0.25) is 0 Å². The molecule has 1 atom stereocenters. The lowest BCUT2D eigenvalue weighted by atomic mass is 10.0. The van der Waals surface area contributed by atoms with Crippen LogP contribution in [0.5, 0.6) is 0 Å². The molecule has 2 rings (SSSR count). The maximum atomic E-state index is 8.99. The molecule has 0 bridgehead atoms. The van der Waals surface area contributed by atoms with E-state index in [1.807, 2.05) is 43.3 Å². The highest BCUT2D eigenvalue weighted by Gasteiger charge is 2.13. The van der Waals surface area contributed by atoms with Crippen molar-refractivity contribution in [1.29, 1.82) is 5.26 Å². The van der Waals surface area contributed by atoms with Crippen molar-refractivity contribution < 1.29 is 0 Å². The molecule has 0 aliphatic heterocycles. The molecule has 2 aromatic rings. The number of nitrogen functional groups attached to an aromatic ring is 1. The van der Waals surface area contributed by atoms with Crippen LogP contribution < -0.4 is 10.6 Å². The van der Waals surface area contributed by atoms with Crippen LogP contribution in [0.4, 0.5) is 11.4 Å². The SMILES string of the molecule is Cc1cc(N(C)C(C)c2cccc(N)c2)ccc1C#N. The van der Waals surface area contributed by atoms with Gasteiger partial charge in [0, 0.05) is 18.4 Å². The lowest BCUT2D eigenvalue weighted by Gasteiger charge is -2.28. The molecule has 3 heteroatoms. The summed E-state index contributed by atoms with van der Waals surface area (Å²) in [6.45, 7) is 4.10. The van der Waals surface area contributed by atoms with E-state index in [1.165, 1.54) is 5.56 Å². The highest BCUT2D eigenvalue weighted by molar-refractivity contribution is 5.55. The van der Waals surface area contributed by atoms with Gasteiger partial charge in [0.15, 0.2) is 0 Å². The van der Waals surface area contributed by atoms with Crippen molar-refractivity contribution in [1.82, 2.24) is 0 Å². The Labute approximate surface area is 120 Å². The summed E-state index contributed by atoms with van der Waals surface area (Å²) in [7, 11) is 2.05. The lowest BCUT2D eigenvalue weighted by molar-refractivity contribution is 0.740. The van der Waals surface area contributed by atoms with Gasteiger partial charge in [0.2, 0.25) is 0 Å². The Balaban J connectivity index is 2.29. The molecule has 0 spiro atoms. The van der Waals surface area contributed by atoms with Crippen LogP contribution >= 0.6 is 0 Å². The number of nitriles is 1. The summed E-state index contributed by atoms with van der Waals surface area (Å²) in [5, 5.41) is 8.99. The summed E-state index contributed by atoms with van der Waals surface area (Å²) in [5.74, 6) is 0. The van der Waals surface area contributed by atoms with Gasteiger partial charge in [0.25, 0.3) is 0 Å². The van der Waals surface area contributed by atoms with Gasteiger partial charge >= 0.3 is 0 Å². The standard InChI is InChI=1S/C17H19N3/c1-12-9-17(8-7-15(12)11-18)20(3)13(2)14-5-4-6-16(19)10-14/h4-10,13H,19H2,1-3H3. The lowest BCUT2D eigenvalue weighted by Crippen LogP contribution is -2.21. The third-order valence-corrected chi connectivity index (χ3v) is 3.71. The molecule has 0 amide bonds. The average Bonchev–Trinajstić information content (AvgIpc) is 2.45. The minimum atomic E-state index is 0.214. The second kappa shape index (κ2) is 5.66. The average molecular weight is 265 g/mol. The molecule has 0 aliphatic carbocycles. The Hall–Kier alpha value is -2.47. The van der Waals surface area contributed by atoms with E-state index in [2.05, 4.69) is 31.0 Å². The first-order chi connectivity index (χ1) is 9.52. The summed E-state index contributed by atoms with van der Waals surface area (Å²) < 4.78 is 0. The zero-order chi connectivity index (χ0) is 14.7. The fourth-order valence-electron chi connectivity index (χ4n) is 2.26. The van der Waals surface area contributed by atoms with Crippen LogP contribution in [0.2, 0.25) is 0 Å². The van der Waals surface area contributed by atoms with Gasteiger partial charge in [0.05, 0.1) is 17.7 Å². The van der Waals surface area contributed by atoms with Crippen LogP contribution in [-0.4, -0.2) is 7.05 Å². The number of hydrogen-bond acceptors (Lipinski definition) is 3. The summed E-state index contributed by atoms with van der Waals surface area (Å²) >= 11 is 0. The smallest absolute Gasteiger partial charge is 0.0994 e. The third kappa shape index (κ3) is 2.75. The molecule has 0 saturated heterocycles. The van der Waals surface area contributed by atoms with Gasteiger partial charge < -0.3 is 10.6 Å². The van der Waals surface area contributed by atoms with E-state index >= 15 is 0 Å². The Morgan fingerprint density at radius 3 is 2.55 bits per heavy atom. The van der Waals surface area contributed by atoms with E-state index in [-0.39, 0.29) is 6.04 Å². The zero-order valence-corrected chi connectivity index (χ0v) is 12.1. The first-order valence-corrected chi connectivity index (χ1v) is 6.62. The molecule has 1 unspecified atom stereocenters. The summed E-state index contributed by atoms with van der Waals surface area (Å²) in [4.78, 5) is 2.18. The molecule has 20 heavy (non-hydrogen) atoms. The number of aryl methyl sites for hydroxylation is 1. The fourth-order valence-corrected chi connectivity index (χ4v) is 2.26. The van der Waals surface area contributed by atoms with Crippen molar-refractivity contribution in [2.24, 2.45) is 0 Å². The molecule has 2 aromatic carbocycles. The van der Waals surface area contributed by atoms with E-state index < -0.39 is 0 Å². The van der Waals surface area contributed by atoms with Crippen molar-refractivity contribution in [2.75, 3.05) is 17.7 Å². The van der Waals surface area contributed by atoms with E-state index in [4.69, 9.17) is 11.0 Å². The first kappa shape index (κ1) is 14.0. The highest BCUT2D eigenvalue weighted by atomic mass is 15.1. The predicted octanol–water partition coefficient (Wildman–Crippen LogP) is 3.65. The van der Waals surface area contributed by atoms with Gasteiger partial charge in [-0.1, -0.05) is 12.1 Å². The van der Waals surface area contributed by atoms with Crippen LogP contribution in [0.25, 0.3) is 0 Å². The van der Waals surface area contributed by atoms with E-state index in [9.17, 15) is 0 Å². The van der Waals surface area contributed by atoms with Crippen LogP contribution in [-0.2, 0) is 0 Å². The van der Waals surface area contributed by atoms with E-state index in [0.29, 0.717) is 0 Å². The number of rotatable bonds is 3. The van der Waals surface area contributed by atoms with Gasteiger partial charge in [-0.15, -0.1) is 0 Å². The van der Waals surface area contributed by atoms with Crippen LogP contribution in [0.1, 0.15) is 29.7 Å². The largest absolute Gasteiger partial charge is 0.399 e. The second-order valence-electron chi connectivity index (χ2n) is 5.07. The maximum absolute atomic E-state index is 8.99. The molecular formula is C17H19N3. The Morgan fingerprint density at radius 2 is 1.95 bits per heavy atom. The van der Waals surface area contributed by atoms with Crippen LogP contribution in [0, 0.1) is 18.3 Å². The summed E-state index contributed by atoms with van der Waals surface area (Å²) in [6.07, 6.45) is 0. The van der Waals surface area contributed by atoms with E-state index in [0.717, 1.165) is 22.5 Å². The van der Waals surface area contributed by atoms with Crippen molar-refractivity contribution in [3.05, 3.63) is 59.2 Å². The second-order valence-corrected chi connectivity index (χ2v) is 5.07. The Morgan fingerprint density at radius 1 is 1.20 bits per heavy atom. The normalized spacial score (nSPS) is 11.7. The zero-order valence-electron chi connectivity index (χ0n) is 12.1. The monoisotopic (exact) mass is 265 g/mol. The maximum Gasteiger partial charge on any atom is 0.0994 e. The third-order valence-electron chi connectivity index (χ3n) is 3.71. The number of nitrogens with zero attached hydrogens (tertiary/aromatic N) is 2. The van der Waals surface area contributed by atoms with Gasteiger partial charge in [-0.05, 0) is 55.3 Å². The Bertz CT molecular complexity index is 656. The molecule has 0 aliphatic rings. The Kier molecular flexibility index (Phi) is 3.95. The van der Waals surface area contributed by atoms with E-state index in [1.54, 1.807) is 0 Å². The molecule has 0 heterocycles. The minimum absolute atomic E-state index is 0.214. The number of nitrogens with two attached hydrogens (primary N) is 1. The van der Waals surface area contributed by atoms with Crippen molar-refractivity contribution in [3.8, 4) is 6.07 Å². The van der Waals surface area contributed by atoms with Gasteiger partial charge in [-0.2, -0.15) is 5.26 Å². The van der Waals surface area contributed by atoms with Crippen molar-refractivity contribution in [3.63, 3.8) is 0 Å². The first-order valence-electron chi connectivity index (χ1n) is 6.62. The molecule has 0 fully saturated rings.